The van der Waals surface area contributed by atoms with E-state index >= 15 is 0 Å². The Morgan fingerprint density at radius 2 is 1.64 bits per heavy atom. The summed E-state index contributed by atoms with van der Waals surface area (Å²) in [5, 5.41) is 4.11. The minimum atomic E-state index is -0.0497. The smallest absolute Gasteiger partial charge is 0.0550 e. The highest BCUT2D eigenvalue weighted by molar-refractivity contribution is 6.18. The zero-order valence-corrected chi connectivity index (χ0v) is 22.6. The summed E-state index contributed by atoms with van der Waals surface area (Å²) in [5.74, 6) is 0.503. The molecule has 8 rings (SSSR count). The summed E-state index contributed by atoms with van der Waals surface area (Å²) in [6.07, 6.45) is 9.56. The summed E-state index contributed by atoms with van der Waals surface area (Å²) in [6.45, 7) is 7.07. The van der Waals surface area contributed by atoms with E-state index in [1.54, 1.807) is 0 Å². The van der Waals surface area contributed by atoms with Gasteiger partial charge in [0.15, 0.2) is 0 Å². The average Bonchev–Trinajstić information content (AvgIpc) is 3.28. The van der Waals surface area contributed by atoms with Crippen LogP contribution in [0.3, 0.4) is 0 Å². The van der Waals surface area contributed by atoms with Crippen LogP contribution in [0.1, 0.15) is 43.2 Å². The summed E-state index contributed by atoms with van der Waals surface area (Å²) in [5.41, 5.74) is 13.2. The predicted octanol–water partition coefficient (Wildman–Crippen LogP) is 9.36. The second-order valence-electron chi connectivity index (χ2n) is 11.7. The molecule has 2 heterocycles. The van der Waals surface area contributed by atoms with E-state index in [9.17, 15) is 0 Å². The van der Waals surface area contributed by atoms with Gasteiger partial charge in [-0.05, 0) is 75.2 Å². The number of allylic oxidation sites excluding steroid dienone is 1. The van der Waals surface area contributed by atoms with Gasteiger partial charge in [-0.1, -0.05) is 93.6 Å². The fourth-order valence-electron chi connectivity index (χ4n) is 7.13. The van der Waals surface area contributed by atoms with Crippen LogP contribution in [-0.4, -0.2) is 9.55 Å². The lowest BCUT2D eigenvalue weighted by molar-refractivity contribution is 0.645. The summed E-state index contributed by atoms with van der Waals surface area (Å²) in [4.78, 5) is 4.32. The van der Waals surface area contributed by atoms with E-state index in [-0.39, 0.29) is 5.41 Å². The zero-order valence-electron chi connectivity index (χ0n) is 22.6. The van der Waals surface area contributed by atoms with Gasteiger partial charge in [-0.2, -0.15) is 0 Å². The third kappa shape index (κ3) is 3.12. The van der Waals surface area contributed by atoms with Crippen LogP contribution in [0.2, 0.25) is 0 Å². The number of aromatic nitrogens is 2. The van der Waals surface area contributed by atoms with Crippen molar-refractivity contribution in [1.82, 2.24) is 9.55 Å². The Balaban J connectivity index is 1.49. The molecule has 2 nitrogen and oxygen atoms in total. The SMILES string of the molecule is C[C@@H]1C=Cc2c(n(-c3ccc(-c4cccnc4)cc3)c3cc4cccc5c4c(c23)-c2ccccc2C5(C)C)C1. The lowest BCUT2D eigenvalue weighted by Gasteiger charge is -2.35. The van der Waals surface area contributed by atoms with Gasteiger partial charge >= 0.3 is 0 Å². The second-order valence-corrected chi connectivity index (χ2v) is 11.7. The van der Waals surface area contributed by atoms with E-state index in [1.165, 1.54) is 66.4 Å². The molecule has 2 aliphatic rings. The topological polar surface area (TPSA) is 17.8 Å². The molecule has 2 aromatic heterocycles. The minimum Gasteiger partial charge on any atom is -0.313 e. The Hall–Kier alpha value is -4.43. The average molecular weight is 503 g/mol. The van der Waals surface area contributed by atoms with Crippen LogP contribution in [0, 0.1) is 5.92 Å². The van der Waals surface area contributed by atoms with Gasteiger partial charge in [0.2, 0.25) is 0 Å². The number of rotatable bonds is 2. The van der Waals surface area contributed by atoms with Gasteiger partial charge in [-0.25, -0.2) is 0 Å². The Kier molecular flexibility index (Phi) is 4.65. The summed E-state index contributed by atoms with van der Waals surface area (Å²) in [6, 6.07) is 31.5. The van der Waals surface area contributed by atoms with Crippen molar-refractivity contribution in [3.8, 4) is 27.9 Å². The van der Waals surface area contributed by atoms with Crippen LogP contribution in [0.15, 0.2) is 103 Å². The van der Waals surface area contributed by atoms with Crippen LogP contribution in [0.5, 0.6) is 0 Å². The first-order valence-corrected chi connectivity index (χ1v) is 13.9. The number of fused-ring (bicyclic) bond motifs is 6. The van der Waals surface area contributed by atoms with E-state index in [2.05, 4.69) is 121 Å². The standard InChI is InChI=1S/C37H30N2/c1-23-13-18-29-32(20-23)39(27-16-14-24(15-17-27)26-9-7-19-38-22-26)33-21-25-8-6-12-31-34(25)36(35(29)33)28-10-4-5-11-30(28)37(31,2)3/h4-19,21-23H,20H2,1-3H3/t23-/m1/s1. The molecule has 0 bridgehead atoms. The van der Waals surface area contributed by atoms with Crippen molar-refractivity contribution in [2.24, 2.45) is 5.92 Å². The van der Waals surface area contributed by atoms with Crippen molar-refractivity contribution < 1.29 is 0 Å². The van der Waals surface area contributed by atoms with Gasteiger partial charge in [0.05, 0.1) is 5.52 Å². The van der Waals surface area contributed by atoms with Gasteiger partial charge in [0.25, 0.3) is 0 Å². The highest BCUT2D eigenvalue weighted by Gasteiger charge is 2.35. The maximum atomic E-state index is 4.32. The molecule has 0 aliphatic heterocycles. The Morgan fingerprint density at radius 3 is 2.46 bits per heavy atom. The molecule has 0 spiro atoms. The van der Waals surface area contributed by atoms with Crippen molar-refractivity contribution in [2.75, 3.05) is 0 Å². The molecule has 6 aromatic rings. The van der Waals surface area contributed by atoms with Crippen LogP contribution in [-0.2, 0) is 11.8 Å². The van der Waals surface area contributed by atoms with E-state index < -0.39 is 0 Å². The number of hydrogen-bond donors (Lipinski definition) is 0. The maximum Gasteiger partial charge on any atom is 0.0550 e. The van der Waals surface area contributed by atoms with E-state index in [0.29, 0.717) is 5.92 Å². The number of pyridine rings is 1. The normalized spacial score (nSPS) is 16.8. The monoisotopic (exact) mass is 502 g/mol. The lowest BCUT2D eigenvalue weighted by Crippen LogP contribution is -2.23. The molecule has 188 valence electrons. The molecule has 0 unspecified atom stereocenters. The van der Waals surface area contributed by atoms with Crippen molar-refractivity contribution in [3.63, 3.8) is 0 Å². The van der Waals surface area contributed by atoms with E-state index in [1.807, 2.05) is 18.5 Å². The van der Waals surface area contributed by atoms with Gasteiger partial charge < -0.3 is 4.57 Å². The Bertz CT molecular complexity index is 1950. The molecule has 2 aliphatic carbocycles. The predicted molar refractivity (Wildman–Crippen MR) is 163 cm³/mol. The lowest BCUT2D eigenvalue weighted by atomic mass is 9.68. The third-order valence-corrected chi connectivity index (χ3v) is 9.01. The summed E-state index contributed by atoms with van der Waals surface area (Å²) < 4.78 is 2.53. The zero-order chi connectivity index (χ0) is 26.3. The van der Waals surface area contributed by atoms with E-state index in [0.717, 1.165) is 12.0 Å². The first kappa shape index (κ1) is 22.5. The van der Waals surface area contributed by atoms with Gasteiger partial charge in [0.1, 0.15) is 0 Å². The van der Waals surface area contributed by atoms with Crippen LogP contribution < -0.4 is 0 Å². The molecule has 1 atom stereocenters. The third-order valence-electron chi connectivity index (χ3n) is 9.01. The molecular weight excluding hydrogens is 472 g/mol. The number of hydrogen-bond acceptors (Lipinski definition) is 1. The first-order chi connectivity index (χ1) is 19.0. The molecule has 0 amide bonds. The van der Waals surface area contributed by atoms with Crippen LogP contribution in [0.25, 0.3) is 55.7 Å². The molecule has 0 saturated heterocycles. The highest BCUT2D eigenvalue weighted by Crippen LogP contribution is 2.53. The highest BCUT2D eigenvalue weighted by atomic mass is 15.0. The van der Waals surface area contributed by atoms with Gasteiger partial charge in [0, 0.05) is 45.7 Å². The van der Waals surface area contributed by atoms with Crippen LogP contribution >= 0.6 is 0 Å². The van der Waals surface area contributed by atoms with Crippen molar-refractivity contribution in [3.05, 3.63) is 126 Å². The van der Waals surface area contributed by atoms with Crippen molar-refractivity contribution in [2.45, 2.75) is 32.6 Å². The Morgan fingerprint density at radius 1 is 0.821 bits per heavy atom. The first-order valence-electron chi connectivity index (χ1n) is 13.9. The number of nitrogens with zero attached hydrogens (tertiary/aromatic N) is 2. The molecule has 4 aromatic carbocycles. The molecule has 0 saturated carbocycles. The quantitative estimate of drug-likeness (QED) is 0.231. The fraction of sp³-hybridized carbons (Fsp3) is 0.162. The summed E-state index contributed by atoms with van der Waals surface area (Å²) >= 11 is 0. The van der Waals surface area contributed by atoms with Crippen molar-refractivity contribution >= 4 is 27.8 Å². The molecule has 0 fully saturated rings. The van der Waals surface area contributed by atoms with Crippen molar-refractivity contribution in [1.29, 1.82) is 0 Å². The summed E-state index contributed by atoms with van der Waals surface area (Å²) in [7, 11) is 0. The second kappa shape index (κ2) is 8.04. The largest absolute Gasteiger partial charge is 0.313 e. The molecule has 2 heteroatoms. The van der Waals surface area contributed by atoms with E-state index in [4.69, 9.17) is 0 Å². The fourth-order valence-corrected chi connectivity index (χ4v) is 7.13. The molecule has 0 radical (unpaired) electrons. The maximum absolute atomic E-state index is 4.32. The molecule has 39 heavy (non-hydrogen) atoms. The minimum absolute atomic E-state index is 0.0497. The van der Waals surface area contributed by atoms with Crippen LogP contribution in [0.4, 0.5) is 0 Å². The Labute approximate surface area is 229 Å². The van der Waals surface area contributed by atoms with Gasteiger partial charge in [-0.15, -0.1) is 0 Å². The number of benzene rings is 4. The molecule has 0 N–H and O–H groups in total. The molecular formula is C37H30N2. The van der Waals surface area contributed by atoms with Gasteiger partial charge in [-0.3, -0.25) is 4.98 Å².